The SMILES string of the molecule is CCCCC(C)Oc1cccc(C(C)(C)C)c1. The predicted octanol–water partition coefficient (Wildman–Crippen LogP) is 4.94. The second kappa shape index (κ2) is 6.09. The number of ether oxygens (including phenoxy) is 1. The molecule has 0 N–H and O–H groups in total. The molecular weight excluding hydrogens is 208 g/mol. The number of benzene rings is 1. The minimum atomic E-state index is 0.187. The zero-order chi connectivity index (χ0) is 12.9. The molecular formula is C16H26O. The van der Waals surface area contributed by atoms with Crippen LogP contribution in [0.25, 0.3) is 0 Å². The Morgan fingerprint density at radius 3 is 2.53 bits per heavy atom. The van der Waals surface area contributed by atoms with Gasteiger partial charge in [-0.05, 0) is 36.5 Å². The van der Waals surface area contributed by atoms with Crippen LogP contribution in [-0.2, 0) is 5.41 Å². The lowest BCUT2D eigenvalue weighted by atomic mass is 9.87. The molecule has 0 radical (unpaired) electrons. The highest BCUT2D eigenvalue weighted by Crippen LogP contribution is 2.26. The lowest BCUT2D eigenvalue weighted by Gasteiger charge is -2.21. The maximum absolute atomic E-state index is 5.95. The summed E-state index contributed by atoms with van der Waals surface area (Å²) in [6, 6.07) is 8.48. The summed E-state index contributed by atoms with van der Waals surface area (Å²) in [4.78, 5) is 0. The lowest BCUT2D eigenvalue weighted by Crippen LogP contribution is -2.14. The summed E-state index contributed by atoms with van der Waals surface area (Å²) >= 11 is 0. The Morgan fingerprint density at radius 2 is 1.94 bits per heavy atom. The maximum Gasteiger partial charge on any atom is 0.119 e. The standard InChI is InChI=1S/C16H26O/c1-6-7-9-13(2)17-15-11-8-10-14(12-15)16(3,4)5/h8,10-13H,6-7,9H2,1-5H3. The van der Waals surface area contributed by atoms with Crippen LogP contribution in [0.4, 0.5) is 0 Å². The molecule has 0 saturated heterocycles. The van der Waals surface area contributed by atoms with Crippen molar-refractivity contribution >= 4 is 0 Å². The van der Waals surface area contributed by atoms with E-state index in [2.05, 4.69) is 58.9 Å². The summed E-state index contributed by atoms with van der Waals surface area (Å²) in [5.41, 5.74) is 1.52. The second-order valence-corrected chi connectivity index (χ2v) is 5.85. The van der Waals surface area contributed by atoms with E-state index in [4.69, 9.17) is 4.74 Å². The average Bonchev–Trinajstić information content (AvgIpc) is 2.25. The topological polar surface area (TPSA) is 9.23 Å². The van der Waals surface area contributed by atoms with Gasteiger partial charge in [0.05, 0.1) is 6.10 Å². The molecule has 96 valence electrons. The molecule has 0 bridgehead atoms. The Labute approximate surface area is 106 Å². The Bertz CT molecular complexity index is 336. The monoisotopic (exact) mass is 234 g/mol. The molecule has 1 rings (SSSR count). The van der Waals surface area contributed by atoms with Crippen LogP contribution in [0.5, 0.6) is 5.75 Å². The van der Waals surface area contributed by atoms with E-state index in [1.807, 2.05) is 0 Å². The first kappa shape index (κ1) is 14.1. The van der Waals surface area contributed by atoms with E-state index >= 15 is 0 Å². The van der Waals surface area contributed by atoms with Crippen molar-refractivity contribution in [3.05, 3.63) is 29.8 Å². The van der Waals surface area contributed by atoms with Gasteiger partial charge in [-0.2, -0.15) is 0 Å². The van der Waals surface area contributed by atoms with Crippen LogP contribution in [0, 0.1) is 0 Å². The fourth-order valence-corrected chi connectivity index (χ4v) is 1.82. The van der Waals surface area contributed by atoms with Crippen molar-refractivity contribution in [1.29, 1.82) is 0 Å². The predicted molar refractivity (Wildman–Crippen MR) is 74.8 cm³/mol. The molecule has 1 unspecified atom stereocenters. The van der Waals surface area contributed by atoms with Gasteiger partial charge in [0, 0.05) is 0 Å². The molecule has 0 amide bonds. The number of hydrogen-bond acceptors (Lipinski definition) is 1. The third-order valence-corrected chi connectivity index (χ3v) is 3.00. The van der Waals surface area contributed by atoms with E-state index in [1.54, 1.807) is 0 Å². The molecule has 1 aromatic rings. The molecule has 1 atom stereocenters. The summed E-state index contributed by atoms with van der Waals surface area (Å²) in [5, 5.41) is 0. The fraction of sp³-hybridized carbons (Fsp3) is 0.625. The van der Waals surface area contributed by atoms with Crippen molar-refractivity contribution in [2.24, 2.45) is 0 Å². The van der Waals surface area contributed by atoms with E-state index in [0.29, 0.717) is 6.10 Å². The Hall–Kier alpha value is -0.980. The first-order valence-electron chi connectivity index (χ1n) is 6.70. The van der Waals surface area contributed by atoms with Crippen LogP contribution >= 0.6 is 0 Å². The maximum atomic E-state index is 5.95. The van der Waals surface area contributed by atoms with Crippen LogP contribution in [0.3, 0.4) is 0 Å². The third-order valence-electron chi connectivity index (χ3n) is 3.00. The fourth-order valence-electron chi connectivity index (χ4n) is 1.82. The summed E-state index contributed by atoms with van der Waals surface area (Å²) in [6.07, 6.45) is 3.91. The summed E-state index contributed by atoms with van der Waals surface area (Å²) in [5.74, 6) is 1.00. The number of hydrogen-bond donors (Lipinski definition) is 0. The first-order valence-corrected chi connectivity index (χ1v) is 6.70. The smallest absolute Gasteiger partial charge is 0.119 e. The van der Waals surface area contributed by atoms with Gasteiger partial charge in [0.1, 0.15) is 5.75 Å². The summed E-state index contributed by atoms with van der Waals surface area (Å²) in [6.45, 7) is 11.1. The molecule has 0 aliphatic carbocycles. The number of rotatable bonds is 5. The van der Waals surface area contributed by atoms with Gasteiger partial charge >= 0.3 is 0 Å². The molecule has 1 heteroatoms. The van der Waals surface area contributed by atoms with Crippen molar-refractivity contribution in [3.63, 3.8) is 0 Å². The van der Waals surface area contributed by atoms with Crippen LogP contribution < -0.4 is 4.74 Å². The van der Waals surface area contributed by atoms with Gasteiger partial charge in [-0.25, -0.2) is 0 Å². The minimum absolute atomic E-state index is 0.187. The van der Waals surface area contributed by atoms with Gasteiger partial charge in [0.15, 0.2) is 0 Å². The highest BCUT2D eigenvalue weighted by molar-refractivity contribution is 5.32. The van der Waals surface area contributed by atoms with Crippen molar-refractivity contribution in [1.82, 2.24) is 0 Å². The zero-order valence-corrected chi connectivity index (χ0v) is 11.9. The minimum Gasteiger partial charge on any atom is -0.491 e. The molecule has 1 nitrogen and oxygen atoms in total. The van der Waals surface area contributed by atoms with Gasteiger partial charge in [0.2, 0.25) is 0 Å². The van der Waals surface area contributed by atoms with E-state index in [9.17, 15) is 0 Å². The van der Waals surface area contributed by atoms with Gasteiger partial charge in [0.25, 0.3) is 0 Å². The first-order chi connectivity index (χ1) is 7.93. The Kier molecular flexibility index (Phi) is 5.04. The Balaban J connectivity index is 2.66. The van der Waals surface area contributed by atoms with Crippen LogP contribution in [-0.4, -0.2) is 6.10 Å². The van der Waals surface area contributed by atoms with E-state index in [1.165, 1.54) is 18.4 Å². The largest absolute Gasteiger partial charge is 0.491 e. The molecule has 0 heterocycles. The van der Waals surface area contributed by atoms with Gasteiger partial charge in [-0.15, -0.1) is 0 Å². The molecule has 0 aromatic heterocycles. The highest BCUT2D eigenvalue weighted by atomic mass is 16.5. The van der Waals surface area contributed by atoms with E-state index in [0.717, 1.165) is 12.2 Å². The molecule has 0 spiro atoms. The van der Waals surface area contributed by atoms with Crippen LogP contribution in [0.15, 0.2) is 24.3 Å². The number of unbranched alkanes of at least 4 members (excludes halogenated alkanes) is 1. The average molecular weight is 234 g/mol. The van der Waals surface area contributed by atoms with Gasteiger partial charge in [-0.3, -0.25) is 0 Å². The van der Waals surface area contributed by atoms with Crippen LogP contribution in [0.2, 0.25) is 0 Å². The second-order valence-electron chi connectivity index (χ2n) is 5.85. The third kappa shape index (κ3) is 4.80. The van der Waals surface area contributed by atoms with E-state index in [-0.39, 0.29) is 5.41 Å². The molecule has 1 aromatic carbocycles. The van der Waals surface area contributed by atoms with Crippen LogP contribution in [0.1, 0.15) is 59.4 Å². The summed E-state index contributed by atoms with van der Waals surface area (Å²) in [7, 11) is 0. The van der Waals surface area contributed by atoms with Gasteiger partial charge in [-0.1, -0.05) is 52.7 Å². The summed E-state index contributed by atoms with van der Waals surface area (Å²) < 4.78 is 5.95. The Morgan fingerprint density at radius 1 is 1.24 bits per heavy atom. The molecule has 0 saturated carbocycles. The quantitative estimate of drug-likeness (QED) is 0.701. The van der Waals surface area contributed by atoms with Gasteiger partial charge < -0.3 is 4.74 Å². The molecule has 0 aliphatic rings. The molecule has 0 aliphatic heterocycles. The van der Waals surface area contributed by atoms with Crippen molar-refractivity contribution in [2.75, 3.05) is 0 Å². The highest BCUT2D eigenvalue weighted by Gasteiger charge is 2.14. The molecule has 0 fully saturated rings. The van der Waals surface area contributed by atoms with E-state index < -0.39 is 0 Å². The molecule has 17 heavy (non-hydrogen) atoms. The van der Waals surface area contributed by atoms with Crippen molar-refractivity contribution < 1.29 is 4.74 Å². The van der Waals surface area contributed by atoms with Crippen molar-refractivity contribution in [2.45, 2.75) is 65.4 Å². The normalized spacial score (nSPS) is 13.5. The van der Waals surface area contributed by atoms with Crippen molar-refractivity contribution in [3.8, 4) is 5.75 Å². The lowest BCUT2D eigenvalue weighted by molar-refractivity contribution is 0.207. The zero-order valence-electron chi connectivity index (χ0n) is 11.9.